The molecule has 1 atom stereocenters. The number of nitrogens with zero attached hydrogens (tertiary/aromatic N) is 1. The molecule has 1 aliphatic rings. The summed E-state index contributed by atoms with van der Waals surface area (Å²) in [5.41, 5.74) is 0.598. The van der Waals surface area contributed by atoms with E-state index in [1.165, 1.54) is 7.11 Å². The first-order chi connectivity index (χ1) is 9.67. The fraction of sp³-hybridized carbons (Fsp3) is 0.500. The normalized spacial score (nSPS) is 17.5. The van der Waals surface area contributed by atoms with E-state index in [4.69, 9.17) is 14.2 Å². The monoisotopic (exact) mass is 281 g/mol. The second-order valence-corrected chi connectivity index (χ2v) is 4.50. The maximum absolute atomic E-state index is 11.7. The van der Waals surface area contributed by atoms with Crippen molar-refractivity contribution in [3.63, 3.8) is 0 Å². The highest BCUT2D eigenvalue weighted by Crippen LogP contribution is 2.33. The number of carboxylic acids is 1. The quantitative estimate of drug-likeness (QED) is 0.873. The number of methoxy groups -OCH3 is 2. The Morgan fingerprint density at radius 2 is 2.00 bits per heavy atom. The van der Waals surface area contributed by atoms with Gasteiger partial charge in [-0.1, -0.05) is 0 Å². The van der Waals surface area contributed by atoms with E-state index < -0.39 is 12.0 Å². The third-order valence-corrected chi connectivity index (χ3v) is 3.38. The van der Waals surface area contributed by atoms with Crippen molar-refractivity contribution in [2.75, 3.05) is 40.5 Å². The largest absolute Gasteiger partial charge is 0.497 e. The number of carbonyl (C=O) groups is 1. The molecule has 0 aromatic heterocycles. The van der Waals surface area contributed by atoms with Crippen LogP contribution in [-0.4, -0.2) is 56.5 Å². The van der Waals surface area contributed by atoms with E-state index in [1.807, 2.05) is 4.90 Å². The van der Waals surface area contributed by atoms with Crippen LogP contribution < -0.4 is 9.47 Å². The van der Waals surface area contributed by atoms with Gasteiger partial charge in [0.15, 0.2) is 0 Å². The maximum atomic E-state index is 11.7. The lowest BCUT2D eigenvalue weighted by Gasteiger charge is -2.32. The van der Waals surface area contributed by atoms with Gasteiger partial charge in [-0.05, 0) is 18.2 Å². The van der Waals surface area contributed by atoms with Crippen molar-refractivity contribution in [3.8, 4) is 11.5 Å². The Hall–Kier alpha value is -1.79. The highest BCUT2D eigenvalue weighted by Gasteiger charge is 2.31. The molecule has 1 heterocycles. The molecule has 0 bridgehead atoms. The minimum absolute atomic E-state index is 0.538. The van der Waals surface area contributed by atoms with E-state index >= 15 is 0 Å². The second kappa shape index (κ2) is 6.58. The summed E-state index contributed by atoms with van der Waals surface area (Å²) in [6.45, 7) is 2.24. The summed E-state index contributed by atoms with van der Waals surface area (Å²) in [5.74, 6) is 0.253. The number of ether oxygens (including phenoxy) is 3. The van der Waals surface area contributed by atoms with Gasteiger partial charge in [-0.2, -0.15) is 0 Å². The molecule has 1 fully saturated rings. The van der Waals surface area contributed by atoms with Crippen LogP contribution in [0.1, 0.15) is 11.6 Å². The standard InChI is InChI=1S/C14H19NO5/c1-18-10-3-4-12(19-2)11(9-10)13(14(16)17)15-5-7-20-8-6-15/h3-4,9,13H,5-8H2,1-2H3,(H,16,17). The van der Waals surface area contributed by atoms with Crippen molar-refractivity contribution < 1.29 is 24.1 Å². The summed E-state index contributed by atoms with van der Waals surface area (Å²) in [5, 5.41) is 9.58. The molecule has 1 aromatic carbocycles. The van der Waals surface area contributed by atoms with Crippen LogP contribution in [-0.2, 0) is 9.53 Å². The molecule has 1 aliphatic heterocycles. The number of aliphatic carboxylic acids is 1. The molecule has 1 aromatic rings. The molecule has 6 nitrogen and oxygen atoms in total. The fourth-order valence-electron chi connectivity index (χ4n) is 2.37. The van der Waals surface area contributed by atoms with Crippen LogP contribution in [0.2, 0.25) is 0 Å². The Labute approximate surface area is 117 Å². The minimum Gasteiger partial charge on any atom is -0.497 e. The first-order valence-electron chi connectivity index (χ1n) is 6.44. The molecule has 6 heteroatoms. The van der Waals surface area contributed by atoms with Crippen molar-refractivity contribution in [1.82, 2.24) is 4.90 Å². The van der Waals surface area contributed by atoms with E-state index in [9.17, 15) is 9.90 Å². The van der Waals surface area contributed by atoms with Crippen LogP contribution in [0.3, 0.4) is 0 Å². The predicted octanol–water partition coefficient (Wildman–Crippen LogP) is 1.16. The minimum atomic E-state index is -0.904. The SMILES string of the molecule is COc1ccc(OC)c(C(C(=O)O)N2CCOCC2)c1. The molecule has 1 saturated heterocycles. The van der Waals surface area contributed by atoms with Crippen LogP contribution >= 0.6 is 0 Å². The topological polar surface area (TPSA) is 68.2 Å². The average molecular weight is 281 g/mol. The lowest BCUT2D eigenvalue weighted by molar-refractivity contribution is -0.145. The summed E-state index contributed by atoms with van der Waals surface area (Å²) >= 11 is 0. The van der Waals surface area contributed by atoms with Crippen LogP contribution in [0.25, 0.3) is 0 Å². The molecule has 0 amide bonds. The molecule has 0 saturated carbocycles. The highest BCUT2D eigenvalue weighted by molar-refractivity contribution is 5.77. The zero-order valence-electron chi connectivity index (χ0n) is 11.7. The van der Waals surface area contributed by atoms with E-state index in [0.29, 0.717) is 43.4 Å². The van der Waals surface area contributed by atoms with Crippen molar-refractivity contribution >= 4 is 5.97 Å². The van der Waals surface area contributed by atoms with Gasteiger partial charge in [0, 0.05) is 18.7 Å². The number of rotatable bonds is 5. The zero-order valence-corrected chi connectivity index (χ0v) is 11.7. The molecule has 0 radical (unpaired) electrons. The van der Waals surface area contributed by atoms with E-state index in [-0.39, 0.29) is 0 Å². The van der Waals surface area contributed by atoms with Crippen molar-refractivity contribution in [1.29, 1.82) is 0 Å². The average Bonchev–Trinajstić information content (AvgIpc) is 2.48. The maximum Gasteiger partial charge on any atom is 0.325 e. The number of hydrogen-bond donors (Lipinski definition) is 1. The molecule has 1 unspecified atom stereocenters. The summed E-state index contributed by atoms with van der Waals surface area (Å²) < 4.78 is 15.7. The number of morpholine rings is 1. The molecular formula is C14H19NO5. The van der Waals surface area contributed by atoms with Crippen molar-refractivity contribution in [2.45, 2.75) is 6.04 Å². The van der Waals surface area contributed by atoms with Crippen molar-refractivity contribution in [3.05, 3.63) is 23.8 Å². The lowest BCUT2D eigenvalue weighted by atomic mass is 10.0. The van der Waals surface area contributed by atoms with Gasteiger partial charge in [0.05, 0.1) is 27.4 Å². The molecule has 1 N–H and O–H groups in total. The molecule has 0 aliphatic carbocycles. The number of carboxylic acid groups (broad SMARTS) is 1. The lowest BCUT2D eigenvalue weighted by Crippen LogP contribution is -2.42. The van der Waals surface area contributed by atoms with Crippen LogP contribution in [0.4, 0.5) is 0 Å². The van der Waals surface area contributed by atoms with Crippen LogP contribution in [0, 0.1) is 0 Å². The van der Waals surface area contributed by atoms with E-state index in [0.717, 1.165) is 0 Å². The molecule has 2 rings (SSSR count). The third-order valence-electron chi connectivity index (χ3n) is 3.38. The highest BCUT2D eigenvalue weighted by atomic mass is 16.5. The van der Waals surface area contributed by atoms with E-state index in [1.54, 1.807) is 25.3 Å². The molecule has 110 valence electrons. The number of hydrogen-bond acceptors (Lipinski definition) is 5. The predicted molar refractivity (Wildman–Crippen MR) is 72.3 cm³/mol. The Balaban J connectivity index is 2.39. The Bertz CT molecular complexity index is 471. The summed E-state index contributed by atoms with van der Waals surface area (Å²) in [4.78, 5) is 13.6. The zero-order chi connectivity index (χ0) is 14.5. The van der Waals surface area contributed by atoms with Crippen molar-refractivity contribution in [2.24, 2.45) is 0 Å². The van der Waals surface area contributed by atoms with Gasteiger partial charge >= 0.3 is 5.97 Å². The van der Waals surface area contributed by atoms with Gasteiger partial charge in [0.1, 0.15) is 17.5 Å². The van der Waals surface area contributed by atoms with Gasteiger partial charge in [-0.15, -0.1) is 0 Å². The van der Waals surface area contributed by atoms with Crippen LogP contribution in [0.15, 0.2) is 18.2 Å². The molecule has 20 heavy (non-hydrogen) atoms. The summed E-state index contributed by atoms with van der Waals surface area (Å²) in [6.07, 6.45) is 0. The Morgan fingerprint density at radius 3 is 2.55 bits per heavy atom. The molecule has 0 spiro atoms. The summed E-state index contributed by atoms with van der Waals surface area (Å²) in [7, 11) is 3.08. The van der Waals surface area contributed by atoms with Gasteiger partial charge < -0.3 is 19.3 Å². The summed E-state index contributed by atoms with van der Waals surface area (Å²) in [6, 6.07) is 4.43. The number of benzene rings is 1. The molecular weight excluding hydrogens is 262 g/mol. The first kappa shape index (κ1) is 14.6. The van der Waals surface area contributed by atoms with Crippen LogP contribution in [0.5, 0.6) is 11.5 Å². The Morgan fingerprint density at radius 1 is 1.30 bits per heavy atom. The van der Waals surface area contributed by atoms with Gasteiger partial charge in [0.25, 0.3) is 0 Å². The Kier molecular flexibility index (Phi) is 4.81. The first-order valence-corrected chi connectivity index (χ1v) is 6.44. The van der Waals surface area contributed by atoms with Gasteiger partial charge in [0.2, 0.25) is 0 Å². The van der Waals surface area contributed by atoms with Gasteiger partial charge in [-0.25, -0.2) is 0 Å². The third kappa shape index (κ3) is 3.02. The fourth-order valence-corrected chi connectivity index (χ4v) is 2.37. The van der Waals surface area contributed by atoms with E-state index in [2.05, 4.69) is 0 Å². The second-order valence-electron chi connectivity index (χ2n) is 4.50. The smallest absolute Gasteiger partial charge is 0.325 e. The van der Waals surface area contributed by atoms with Gasteiger partial charge in [-0.3, -0.25) is 9.69 Å².